The Balaban J connectivity index is 0.000000861. The van der Waals surface area contributed by atoms with Gasteiger partial charge in [-0.1, -0.05) is 19.9 Å². The van der Waals surface area contributed by atoms with Crippen LogP contribution in [0.1, 0.15) is 25.1 Å². The molecule has 0 amide bonds. The quantitative estimate of drug-likeness (QED) is 0.896. The van der Waals surface area contributed by atoms with Crippen molar-refractivity contribution in [2.75, 3.05) is 39.3 Å². The second kappa shape index (κ2) is 9.02. The van der Waals surface area contributed by atoms with Crippen LogP contribution < -0.4 is 0 Å². The lowest BCUT2D eigenvalue weighted by Crippen LogP contribution is -2.46. The van der Waals surface area contributed by atoms with Crippen molar-refractivity contribution in [2.45, 2.75) is 27.3 Å². The van der Waals surface area contributed by atoms with Gasteiger partial charge in [-0.25, -0.2) is 0 Å². The maximum atomic E-state index is 8.88. The second-order valence-electron chi connectivity index (χ2n) is 4.65. The zero-order chi connectivity index (χ0) is 14.1. The zero-order valence-corrected chi connectivity index (χ0v) is 12.5. The minimum atomic E-state index is 0.266. The number of β-amino-alcohol motifs (C(OH)–C–C–N with tert-alkyl or cyclic N) is 1. The van der Waals surface area contributed by atoms with Crippen molar-refractivity contribution >= 4 is 0 Å². The summed E-state index contributed by atoms with van der Waals surface area (Å²) in [4.78, 5) is 9.07. The molecule has 0 radical (unpaired) electrons. The van der Waals surface area contributed by atoms with E-state index >= 15 is 0 Å². The monoisotopic (exact) mass is 265 g/mol. The average Bonchev–Trinajstić information content (AvgIpc) is 2.46. The van der Waals surface area contributed by atoms with Crippen molar-refractivity contribution in [1.82, 2.24) is 14.8 Å². The van der Waals surface area contributed by atoms with Gasteiger partial charge in [0.2, 0.25) is 0 Å². The topological polar surface area (TPSA) is 39.6 Å². The van der Waals surface area contributed by atoms with E-state index in [0.717, 1.165) is 45.0 Å². The van der Waals surface area contributed by atoms with Crippen LogP contribution in [0, 0.1) is 6.92 Å². The molecule has 1 fully saturated rings. The van der Waals surface area contributed by atoms with Crippen LogP contribution in [0.5, 0.6) is 0 Å². The predicted molar refractivity (Wildman–Crippen MR) is 79.1 cm³/mol. The minimum Gasteiger partial charge on any atom is -0.395 e. The first-order valence-corrected chi connectivity index (χ1v) is 7.25. The van der Waals surface area contributed by atoms with Gasteiger partial charge in [-0.15, -0.1) is 0 Å². The van der Waals surface area contributed by atoms with Gasteiger partial charge in [0.15, 0.2) is 0 Å². The molecular weight excluding hydrogens is 238 g/mol. The SMILES string of the molecule is CC.Cc1ccc(CN2CCN(CCO)CC2)cn1. The summed E-state index contributed by atoms with van der Waals surface area (Å²) in [5, 5.41) is 8.88. The summed E-state index contributed by atoms with van der Waals surface area (Å²) < 4.78 is 0. The Kier molecular flexibility index (Phi) is 7.63. The standard InChI is InChI=1S/C13H21N3O.C2H6/c1-12-2-3-13(10-14-12)11-16-6-4-15(5-7-16)8-9-17;1-2/h2-3,10,17H,4-9,11H2,1H3;1-2H3. The lowest BCUT2D eigenvalue weighted by molar-refractivity contribution is 0.108. The van der Waals surface area contributed by atoms with E-state index in [1.807, 2.05) is 27.0 Å². The van der Waals surface area contributed by atoms with E-state index in [1.54, 1.807) is 0 Å². The highest BCUT2D eigenvalue weighted by atomic mass is 16.3. The van der Waals surface area contributed by atoms with E-state index in [9.17, 15) is 0 Å². The van der Waals surface area contributed by atoms with E-state index in [2.05, 4.69) is 26.9 Å². The Hall–Kier alpha value is -0.970. The molecule has 0 unspecified atom stereocenters. The van der Waals surface area contributed by atoms with Gasteiger partial charge in [0.25, 0.3) is 0 Å². The molecule has 108 valence electrons. The number of hydrogen-bond acceptors (Lipinski definition) is 4. The third kappa shape index (κ3) is 5.68. The average molecular weight is 265 g/mol. The normalized spacial score (nSPS) is 16.8. The molecule has 19 heavy (non-hydrogen) atoms. The highest BCUT2D eigenvalue weighted by Gasteiger charge is 2.16. The minimum absolute atomic E-state index is 0.266. The van der Waals surface area contributed by atoms with E-state index in [1.165, 1.54) is 5.56 Å². The Morgan fingerprint density at radius 3 is 2.26 bits per heavy atom. The van der Waals surface area contributed by atoms with E-state index in [4.69, 9.17) is 5.11 Å². The molecule has 1 aliphatic rings. The van der Waals surface area contributed by atoms with Gasteiger partial charge in [-0.05, 0) is 18.6 Å². The summed E-state index contributed by atoms with van der Waals surface area (Å²) in [6, 6.07) is 4.22. The van der Waals surface area contributed by atoms with Crippen LogP contribution in [0.25, 0.3) is 0 Å². The van der Waals surface area contributed by atoms with Crippen molar-refractivity contribution in [1.29, 1.82) is 0 Å². The molecule has 0 aliphatic carbocycles. The molecule has 4 heteroatoms. The molecule has 2 rings (SSSR count). The van der Waals surface area contributed by atoms with Gasteiger partial charge in [0.05, 0.1) is 6.61 Å². The third-order valence-electron chi connectivity index (χ3n) is 3.26. The molecule has 4 nitrogen and oxygen atoms in total. The first-order chi connectivity index (χ1) is 9.28. The van der Waals surface area contributed by atoms with Gasteiger partial charge >= 0.3 is 0 Å². The maximum Gasteiger partial charge on any atom is 0.0558 e. The van der Waals surface area contributed by atoms with Crippen molar-refractivity contribution in [3.8, 4) is 0 Å². The molecule has 0 spiro atoms. The first kappa shape index (κ1) is 16.1. The number of aliphatic hydroxyl groups excluding tert-OH is 1. The number of aromatic nitrogens is 1. The highest BCUT2D eigenvalue weighted by molar-refractivity contribution is 5.13. The van der Waals surface area contributed by atoms with Crippen LogP contribution in [-0.2, 0) is 6.54 Å². The molecule has 0 bridgehead atoms. The molecule has 1 N–H and O–H groups in total. The molecule has 1 aromatic rings. The highest BCUT2D eigenvalue weighted by Crippen LogP contribution is 2.08. The lowest BCUT2D eigenvalue weighted by atomic mass is 10.2. The third-order valence-corrected chi connectivity index (χ3v) is 3.26. The molecule has 0 atom stereocenters. The van der Waals surface area contributed by atoms with Gasteiger partial charge in [-0.2, -0.15) is 0 Å². The number of nitrogens with zero attached hydrogens (tertiary/aromatic N) is 3. The number of aliphatic hydroxyl groups is 1. The van der Waals surface area contributed by atoms with Crippen LogP contribution >= 0.6 is 0 Å². The Bertz CT molecular complexity index is 332. The molecule has 2 heterocycles. The largest absolute Gasteiger partial charge is 0.395 e. The summed E-state index contributed by atoms with van der Waals surface area (Å²) >= 11 is 0. The number of pyridine rings is 1. The van der Waals surface area contributed by atoms with Gasteiger partial charge in [0, 0.05) is 51.2 Å². The van der Waals surface area contributed by atoms with Crippen LogP contribution in [0.2, 0.25) is 0 Å². The van der Waals surface area contributed by atoms with Crippen molar-refractivity contribution < 1.29 is 5.11 Å². The summed E-state index contributed by atoms with van der Waals surface area (Å²) in [6.07, 6.45) is 1.97. The van der Waals surface area contributed by atoms with E-state index in [0.29, 0.717) is 0 Å². The number of rotatable bonds is 4. The summed E-state index contributed by atoms with van der Waals surface area (Å²) in [5.41, 5.74) is 2.35. The fraction of sp³-hybridized carbons (Fsp3) is 0.667. The molecule has 1 aliphatic heterocycles. The predicted octanol–water partition coefficient (Wildman–Crippen LogP) is 1.53. The van der Waals surface area contributed by atoms with Gasteiger partial charge in [0.1, 0.15) is 0 Å². The number of piperazine rings is 1. The number of hydrogen-bond donors (Lipinski definition) is 1. The summed E-state index contributed by atoms with van der Waals surface area (Å²) in [5.74, 6) is 0. The maximum absolute atomic E-state index is 8.88. The van der Waals surface area contributed by atoms with Crippen molar-refractivity contribution in [2.24, 2.45) is 0 Å². The Labute approximate surface area is 117 Å². The van der Waals surface area contributed by atoms with Crippen molar-refractivity contribution in [3.05, 3.63) is 29.6 Å². The van der Waals surface area contributed by atoms with Crippen LogP contribution in [0.15, 0.2) is 18.3 Å². The smallest absolute Gasteiger partial charge is 0.0558 e. The molecule has 0 aromatic carbocycles. The van der Waals surface area contributed by atoms with E-state index < -0.39 is 0 Å². The molecule has 0 saturated carbocycles. The molecule has 1 aromatic heterocycles. The van der Waals surface area contributed by atoms with Gasteiger partial charge < -0.3 is 5.11 Å². The first-order valence-electron chi connectivity index (χ1n) is 7.25. The Morgan fingerprint density at radius 1 is 1.11 bits per heavy atom. The Morgan fingerprint density at radius 2 is 1.74 bits per heavy atom. The zero-order valence-electron chi connectivity index (χ0n) is 12.5. The van der Waals surface area contributed by atoms with Crippen LogP contribution in [0.4, 0.5) is 0 Å². The second-order valence-corrected chi connectivity index (χ2v) is 4.65. The fourth-order valence-electron chi connectivity index (χ4n) is 2.16. The lowest BCUT2D eigenvalue weighted by Gasteiger charge is -2.34. The molecule has 1 saturated heterocycles. The van der Waals surface area contributed by atoms with Gasteiger partial charge in [-0.3, -0.25) is 14.8 Å². The molecular formula is C15H27N3O. The summed E-state index contributed by atoms with van der Waals surface area (Å²) in [7, 11) is 0. The fourth-order valence-corrected chi connectivity index (χ4v) is 2.16. The van der Waals surface area contributed by atoms with Crippen LogP contribution in [0.3, 0.4) is 0 Å². The summed E-state index contributed by atoms with van der Waals surface area (Å²) in [6.45, 7) is 12.3. The number of aryl methyl sites for hydroxylation is 1. The van der Waals surface area contributed by atoms with E-state index in [-0.39, 0.29) is 6.61 Å². The van der Waals surface area contributed by atoms with Crippen LogP contribution in [-0.4, -0.2) is 59.2 Å². The van der Waals surface area contributed by atoms with Crippen molar-refractivity contribution in [3.63, 3.8) is 0 Å².